The van der Waals surface area contributed by atoms with Gasteiger partial charge in [-0.3, -0.25) is 4.79 Å². The third-order valence-corrected chi connectivity index (χ3v) is 3.59. The van der Waals surface area contributed by atoms with Crippen LogP contribution in [0, 0.1) is 0 Å². The minimum Gasteiger partial charge on any atom is -0.497 e. The zero-order chi connectivity index (χ0) is 17.1. The van der Waals surface area contributed by atoms with Crippen molar-refractivity contribution in [2.24, 2.45) is 0 Å². The highest BCUT2D eigenvalue weighted by Gasteiger charge is 2.11. The highest BCUT2D eigenvalue weighted by Crippen LogP contribution is 2.21. The van der Waals surface area contributed by atoms with Gasteiger partial charge in [0.05, 0.1) is 20.6 Å². The van der Waals surface area contributed by atoms with Gasteiger partial charge in [-0.25, -0.2) is 9.78 Å². The van der Waals surface area contributed by atoms with Crippen LogP contribution in [-0.2, 0) is 16.0 Å². The maximum atomic E-state index is 12.2. The molecule has 0 N–H and O–H groups in total. The van der Waals surface area contributed by atoms with Crippen molar-refractivity contribution in [3.05, 3.63) is 58.4 Å². The Kier molecular flexibility index (Phi) is 4.29. The quantitative estimate of drug-likeness (QED) is 0.686. The maximum Gasteiger partial charge on any atom is 0.363 e. The Morgan fingerprint density at radius 3 is 2.54 bits per heavy atom. The van der Waals surface area contributed by atoms with Crippen molar-refractivity contribution in [2.45, 2.75) is 6.42 Å². The van der Waals surface area contributed by atoms with Gasteiger partial charge in [0.15, 0.2) is 11.3 Å². The molecule has 0 unspecified atom stereocenters. The van der Waals surface area contributed by atoms with Gasteiger partial charge < -0.3 is 13.9 Å². The lowest BCUT2D eigenvalue weighted by Gasteiger charge is -2.05. The molecule has 122 valence electrons. The van der Waals surface area contributed by atoms with Crippen molar-refractivity contribution in [1.82, 2.24) is 4.98 Å². The van der Waals surface area contributed by atoms with Crippen molar-refractivity contribution >= 4 is 17.1 Å². The molecule has 0 saturated heterocycles. The number of benzene rings is 2. The molecule has 0 bridgehead atoms. The van der Waals surface area contributed by atoms with E-state index in [9.17, 15) is 9.59 Å². The topological polar surface area (TPSA) is 78.6 Å². The fourth-order valence-corrected chi connectivity index (χ4v) is 2.33. The van der Waals surface area contributed by atoms with E-state index in [1.54, 1.807) is 49.6 Å². The number of carbonyl (C=O) groups excluding carboxylic acids is 1. The molecule has 0 saturated carbocycles. The molecule has 0 spiro atoms. The second kappa shape index (κ2) is 6.54. The summed E-state index contributed by atoms with van der Waals surface area (Å²) in [4.78, 5) is 27.9. The summed E-state index contributed by atoms with van der Waals surface area (Å²) in [6, 6.07) is 12.0. The summed E-state index contributed by atoms with van der Waals surface area (Å²) in [7, 11) is 2.91. The highest BCUT2D eigenvalue weighted by atomic mass is 16.5. The van der Waals surface area contributed by atoms with E-state index in [0.717, 1.165) is 5.56 Å². The van der Waals surface area contributed by atoms with Gasteiger partial charge in [0.2, 0.25) is 0 Å². The van der Waals surface area contributed by atoms with Crippen LogP contribution in [0.1, 0.15) is 5.56 Å². The minimum absolute atomic E-state index is 0.130. The van der Waals surface area contributed by atoms with Gasteiger partial charge in [-0.1, -0.05) is 6.07 Å². The van der Waals surface area contributed by atoms with Crippen LogP contribution in [0.15, 0.2) is 51.7 Å². The summed E-state index contributed by atoms with van der Waals surface area (Å²) >= 11 is 0. The van der Waals surface area contributed by atoms with E-state index in [0.29, 0.717) is 22.4 Å². The fraction of sp³-hybridized carbons (Fsp3) is 0.167. The number of aromatic nitrogens is 1. The molecule has 0 aliphatic carbocycles. The minimum atomic E-state index is -0.520. The van der Waals surface area contributed by atoms with E-state index in [1.165, 1.54) is 7.11 Å². The number of carbonyl (C=O) groups is 1. The summed E-state index contributed by atoms with van der Waals surface area (Å²) in [5.41, 5.74) is 1.92. The van der Waals surface area contributed by atoms with Crippen LogP contribution in [0.2, 0.25) is 0 Å². The van der Waals surface area contributed by atoms with Gasteiger partial charge in [-0.05, 0) is 42.0 Å². The second-order valence-electron chi connectivity index (χ2n) is 5.13. The lowest BCUT2D eigenvalue weighted by atomic mass is 10.1. The summed E-state index contributed by atoms with van der Waals surface area (Å²) in [6.07, 6.45) is 0.130. The summed E-state index contributed by atoms with van der Waals surface area (Å²) in [5, 5.41) is 0. The number of esters is 1. The molecular weight excluding hydrogens is 310 g/mol. The van der Waals surface area contributed by atoms with E-state index in [4.69, 9.17) is 9.15 Å². The SMILES string of the molecule is COC(=O)Cc1ccc2oc(=O)c(-c3ccc(OC)cc3)nc2c1. The number of rotatable bonds is 4. The Morgan fingerprint density at radius 2 is 1.88 bits per heavy atom. The van der Waals surface area contributed by atoms with Crippen LogP contribution in [0.4, 0.5) is 0 Å². The Balaban J connectivity index is 2.05. The molecule has 0 atom stereocenters. The fourth-order valence-electron chi connectivity index (χ4n) is 2.33. The van der Waals surface area contributed by atoms with E-state index in [2.05, 4.69) is 9.72 Å². The maximum absolute atomic E-state index is 12.2. The number of fused-ring (bicyclic) bond motifs is 1. The lowest BCUT2D eigenvalue weighted by Crippen LogP contribution is -2.07. The Bertz CT molecular complexity index is 944. The van der Waals surface area contributed by atoms with Crippen molar-refractivity contribution < 1.29 is 18.7 Å². The van der Waals surface area contributed by atoms with Crippen LogP contribution in [0.5, 0.6) is 5.75 Å². The van der Waals surface area contributed by atoms with Crippen LogP contribution in [0.3, 0.4) is 0 Å². The van der Waals surface area contributed by atoms with Crippen molar-refractivity contribution in [2.75, 3.05) is 14.2 Å². The summed E-state index contributed by atoms with van der Waals surface area (Å²) in [6.45, 7) is 0. The van der Waals surface area contributed by atoms with Crippen LogP contribution in [-0.4, -0.2) is 25.2 Å². The standard InChI is InChI=1S/C18H15NO5/c1-22-13-6-4-12(5-7-13)17-18(21)24-15-8-3-11(9-14(15)19-17)10-16(20)23-2/h3-9H,10H2,1-2H3. The van der Waals surface area contributed by atoms with E-state index >= 15 is 0 Å². The molecule has 24 heavy (non-hydrogen) atoms. The van der Waals surface area contributed by atoms with Crippen LogP contribution < -0.4 is 10.4 Å². The smallest absolute Gasteiger partial charge is 0.363 e. The number of nitrogens with zero attached hydrogens (tertiary/aromatic N) is 1. The molecule has 0 amide bonds. The highest BCUT2D eigenvalue weighted by molar-refractivity contribution is 5.78. The molecule has 6 heteroatoms. The Morgan fingerprint density at radius 1 is 1.12 bits per heavy atom. The zero-order valence-corrected chi connectivity index (χ0v) is 13.2. The van der Waals surface area contributed by atoms with E-state index in [-0.39, 0.29) is 18.1 Å². The summed E-state index contributed by atoms with van der Waals surface area (Å²) in [5.74, 6) is 0.339. The average molecular weight is 325 g/mol. The third-order valence-electron chi connectivity index (χ3n) is 3.59. The summed E-state index contributed by atoms with van der Waals surface area (Å²) < 4.78 is 15.1. The van der Waals surface area contributed by atoms with Crippen LogP contribution in [0.25, 0.3) is 22.4 Å². The monoisotopic (exact) mass is 325 g/mol. The Hall–Kier alpha value is -3.15. The number of methoxy groups -OCH3 is 2. The first-order chi connectivity index (χ1) is 11.6. The molecule has 3 aromatic rings. The predicted octanol–water partition coefficient (Wildman–Crippen LogP) is 2.58. The first-order valence-corrected chi connectivity index (χ1v) is 7.25. The number of hydrogen-bond acceptors (Lipinski definition) is 6. The normalized spacial score (nSPS) is 10.6. The molecule has 2 aromatic carbocycles. The van der Waals surface area contributed by atoms with Crippen LogP contribution >= 0.6 is 0 Å². The largest absolute Gasteiger partial charge is 0.497 e. The lowest BCUT2D eigenvalue weighted by molar-refractivity contribution is -0.139. The molecule has 6 nitrogen and oxygen atoms in total. The van der Waals surface area contributed by atoms with Crippen molar-refractivity contribution in [1.29, 1.82) is 0 Å². The molecule has 0 aliphatic heterocycles. The van der Waals surface area contributed by atoms with Gasteiger partial charge in [0.1, 0.15) is 11.3 Å². The van der Waals surface area contributed by atoms with Gasteiger partial charge >= 0.3 is 11.6 Å². The molecule has 3 rings (SSSR count). The molecule has 1 heterocycles. The van der Waals surface area contributed by atoms with Gasteiger partial charge in [0.25, 0.3) is 0 Å². The van der Waals surface area contributed by atoms with Crippen molar-refractivity contribution in [3.63, 3.8) is 0 Å². The Labute approximate surface area is 137 Å². The first kappa shape index (κ1) is 15.7. The average Bonchev–Trinajstić information content (AvgIpc) is 2.61. The molecule has 0 aliphatic rings. The first-order valence-electron chi connectivity index (χ1n) is 7.25. The number of ether oxygens (including phenoxy) is 2. The van der Waals surface area contributed by atoms with E-state index in [1.807, 2.05) is 0 Å². The third kappa shape index (κ3) is 3.12. The van der Waals surface area contributed by atoms with Gasteiger partial charge in [-0.15, -0.1) is 0 Å². The number of hydrogen-bond donors (Lipinski definition) is 0. The van der Waals surface area contributed by atoms with Crippen molar-refractivity contribution in [3.8, 4) is 17.0 Å². The second-order valence-corrected chi connectivity index (χ2v) is 5.13. The molecular formula is C18H15NO5. The zero-order valence-electron chi connectivity index (χ0n) is 13.2. The molecule has 0 fully saturated rings. The predicted molar refractivity (Wildman–Crippen MR) is 88.0 cm³/mol. The van der Waals surface area contributed by atoms with E-state index < -0.39 is 5.63 Å². The molecule has 1 aromatic heterocycles. The van der Waals surface area contributed by atoms with Gasteiger partial charge in [-0.2, -0.15) is 0 Å². The molecule has 0 radical (unpaired) electrons. The van der Waals surface area contributed by atoms with Gasteiger partial charge in [0, 0.05) is 5.56 Å².